The number of nitrogens with one attached hydrogen (secondary N) is 1. The number of aliphatic hydroxyl groups is 2. The standard InChI is InChI=1S/C5H12NO2/c1-3-4-6-5(2,7)8/h4,6-8H,3H2,1-2H3. The van der Waals surface area contributed by atoms with Crippen LogP contribution in [0.15, 0.2) is 0 Å². The maximum Gasteiger partial charge on any atom is 0.219 e. The minimum Gasteiger partial charge on any atom is -0.354 e. The van der Waals surface area contributed by atoms with Gasteiger partial charge < -0.3 is 10.2 Å². The van der Waals surface area contributed by atoms with E-state index in [-0.39, 0.29) is 0 Å². The fourth-order valence-corrected chi connectivity index (χ4v) is 0.295. The lowest BCUT2D eigenvalue weighted by molar-refractivity contribution is -0.164. The van der Waals surface area contributed by atoms with Crippen molar-refractivity contribution in [3.05, 3.63) is 6.54 Å². The molecule has 8 heavy (non-hydrogen) atoms. The molecular formula is C5H12NO2. The molecule has 0 aliphatic rings. The van der Waals surface area contributed by atoms with Crippen LogP contribution < -0.4 is 5.32 Å². The van der Waals surface area contributed by atoms with E-state index in [1.54, 1.807) is 6.54 Å². The SMILES string of the molecule is CC[CH]NC(C)(O)O. The van der Waals surface area contributed by atoms with Crippen LogP contribution in [-0.4, -0.2) is 16.1 Å². The molecule has 0 saturated heterocycles. The Morgan fingerprint density at radius 3 is 2.25 bits per heavy atom. The van der Waals surface area contributed by atoms with Crippen molar-refractivity contribution in [1.82, 2.24) is 5.32 Å². The zero-order valence-corrected chi connectivity index (χ0v) is 5.18. The lowest BCUT2D eigenvalue weighted by Crippen LogP contribution is -2.39. The largest absolute Gasteiger partial charge is 0.354 e. The van der Waals surface area contributed by atoms with Crippen LogP contribution in [0.3, 0.4) is 0 Å². The lowest BCUT2D eigenvalue weighted by atomic mass is 10.4. The fourth-order valence-electron chi connectivity index (χ4n) is 0.295. The Labute approximate surface area is 49.3 Å². The molecule has 0 aromatic rings. The Kier molecular flexibility index (Phi) is 2.97. The first-order chi connectivity index (χ1) is 3.56. The van der Waals surface area contributed by atoms with Crippen LogP contribution in [0.25, 0.3) is 0 Å². The average Bonchev–Trinajstić information content (AvgIpc) is 1.59. The van der Waals surface area contributed by atoms with Gasteiger partial charge in [0.15, 0.2) is 0 Å². The smallest absolute Gasteiger partial charge is 0.219 e. The van der Waals surface area contributed by atoms with E-state index in [2.05, 4.69) is 5.32 Å². The summed E-state index contributed by atoms with van der Waals surface area (Å²) < 4.78 is 0. The van der Waals surface area contributed by atoms with Gasteiger partial charge in [0.05, 0.1) is 0 Å². The highest BCUT2D eigenvalue weighted by Gasteiger charge is 2.11. The molecular weight excluding hydrogens is 106 g/mol. The maximum absolute atomic E-state index is 8.56. The van der Waals surface area contributed by atoms with Gasteiger partial charge in [-0.2, -0.15) is 0 Å². The molecule has 49 valence electrons. The summed E-state index contributed by atoms with van der Waals surface area (Å²) >= 11 is 0. The van der Waals surface area contributed by atoms with Gasteiger partial charge in [0.2, 0.25) is 5.91 Å². The minimum atomic E-state index is -1.75. The van der Waals surface area contributed by atoms with Crippen molar-refractivity contribution in [1.29, 1.82) is 0 Å². The monoisotopic (exact) mass is 118 g/mol. The van der Waals surface area contributed by atoms with E-state index in [4.69, 9.17) is 10.2 Å². The third kappa shape index (κ3) is 5.88. The Hall–Kier alpha value is -0.120. The Morgan fingerprint density at radius 1 is 1.62 bits per heavy atom. The normalized spacial score (nSPS) is 12.0. The van der Waals surface area contributed by atoms with Gasteiger partial charge in [0.1, 0.15) is 0 Å². The van der Waals surface area contributed by atoms with Crippen LogP contribution in [0.5, 0.6) is 0 Å². The summed E-state index contributed by atoms with van der Waals surface area (Å²) in [6, 6.07) is 0. The van der Waals surface area contributed by atoms with Gasteiger partial charge in [-0.3, -0.25) is 5.32 Å². The minimum absolute atomic E-state index is 0.775. The quantitative estimate of drug-likeness (QED) is 0.450. The molecule has 3 heteroatoms. The second-order valence-electron chi connectivity index (χ2n) is 1.78. The van der Waals surface area contributed by atoms with Crippen molar-refractivity contribution in [2.75, 3.05) is 0 Å². The van der Waals surface area contributed by atoms with Gasteiger partial charge in [-0.1, -0.05) is 6.92 Å². The van der Waals surface area contributed by atoms with E-state index in [1.165, 1.54) is 6.92 Å². The van der Waals surface area contributed by atoms with Crippen LogP contribution in [-0.2, 0) is 0 Å². The Morgan fingerprint density at radius 2 is 2.12 bits per heavy atom. The van der Waals surface area contributed by atoms with Crippen molar-refractivity contribution < 1.29 is 10.2 Å². The molecule has 3 N–H and O–H groups in total. The van der Waals surface area contributed by atoms with E-state index in [1.807, 2.05) is 6.92 Å². The molecule has 0 bridgehead atoms. The summed E-state index contributed by atoms with van der Waals surface area (Å²) in [7, 11) is 0. The van der Waals surface area contributed by atoms with Crippen LogP contribution in [0, 0.1) is 6.54 Å². The number of rotatable bonds is 3. The maximum atomic E-state index is 8.56. The van der Waals surface area contributed by atoms with Crippen LogP contribution in [0.2, 0.25) is 0 Å². The van der Waals surface area contributed by atoms with Crippen LogP contribution >= 0.6 is 0 Å². The van der Waals surface area contributed by atoms with Crippen LogP contribution in [0.4, 0.5) is 0 Å². The van der Waals surface area contributed by atoms with E-state index >= 15 is 0 Å². The molecule has 0 amide bonds. The second-order valence-corrected chi connectivity index (χ2v) is 1.78. The highest BCUT2D eigenvalue weighted by atomic mass is 16.5. The predicted molar refractivity (Wildman–Crippen MR) is 30.6 cm³/mol. The second kappa shape index (κ2) is 3.02. The van der Waals surface area contributed by atoms with Crippen molar-refractivity contribution >= 4 is 0 Å². The molecule has 0 aromatic heterocycles. The molecule has 0 aliphatic carbocycles. The molecule has 0 saturated carbocycles. The predicted octanol–water partition coefficient (Wildman–Crippen LogP) is -0.194. The zero-order chi connectivity index (χ0) is 6.62. The lowest BCUT2D eigenvalue weighted by Gasteiger charge is -2.15. The summed E-state index contributed by atoms with van der Waals surface area (Å²) in [5.41, 5.74) is 0. The summed E-state index contributed by atoms with van der Waals surface area (Å²) in [6.07, 6.45) is 0.775. The van der Waals surface area contributed by atoms with Crippen molar-refractivity contribution in [3.8, 4) is 0 Å². The number of hydrogen-bond donors (Lipinski definition) is 3. The summed E-state index contributed by atoms with van der Waals surface area (Å²) in [6.45, 7) is 4.75. The molecule has 0 heterocycles. The molecule has 1 radical (unpaired) electrons. The fraction of sp³-hybridized carbons (Fsp3) is 0.800. The summed E-state index contributed by atoms with van der Waals surface area (Å²) in [5.74, 6) is -1.75. The first kappa shape index (κ1) is 7.88. The first-order valence-electron chi connectivity index (χ1n) is 2.60. The van der Waals surface area contributed by atoms with Gasteiger partial charge in [0.25, 0.3) is 0 Å². The molecule has 0 spiro atoms. The van der Waals surface area contributed by atoms with Crippen molar-refractivity contribution in [2.45, 2.75) is 26.2 Å². The van der Waals surface area contributed by atoms with Crippen LogP contribution in [0.1, 0.15) is 20.3 Å². The van der Waals surface area contributed by atoms with Crippen molar-refractivity contribution in [3.63, 3.8) is 0 Å². The molecule has 0 fully saturated rings. The third-order valence-electron chi connectivity index (χ3n) is 0.580. The van der Waals surface area contributed by atoms with Gasteiger partial charge in [0, 0.05) is 13.5 Å². The van der Waals surface area contributed by atoms with Crippen molar-refractivity contribution in [2.24, 2.45) is 0 Å². The van der Waals surface area contributed by atoms with E-state index in [0.29, 0.717) is 0 Å². The average molecular weight is 118 g/mol. The topological polar surface area (TPSA) is 52.5 Å². The molecule has 0 aromatic carbocycles. The van der Waals surface area contributed by atoms with E-state index in [9.17, 15) is 0 Å². The molecule has 0 atom stereocenters. The highest BCUT2D eigenvalue weighted by Crippen LogP contribution is 1.91. The zero-order valence-electron chi connectivity index (χ0n) is 5.18. The molecule has 0 rings (SSSR count). The summed E-state index contributed by atoms with van der Waals surface area (Å²) in [4.78, 5) is 0. The Bertz CT molecular complexity index is 57.9. The van der Waals surface area contributed by atoms with Gasteiger partial charge in [-0.25, -0.2) is 0 Å². The van der Waals surface area contributed by atoms with E-state index < -0.39 is 5.91 Å². The Balaban J connectivity index is 3.11. The third-order valence-corrected chi connectivity index (χ3v) is 0.580. The van der Waals surface area contributed by atoms with Gasteiger partial charge in [-0.05, 0) is 6.42 Å². The van der Waals surface area contributed by atoms with E-state index in [0.717, 1.165) is 6.42 Å². The number of hydrogen-bond acceptors (Lipinski definition) is 3. The van der Waals surface area contributed by atoms with Gasteiger partial charge >= 0.3 is 0 Å². The molecule has 0 unspecified atom stereocenters. The van der Waals surface area contributed by atoms with Gasteiger partial charge in [-0.15, -0.1) is 0 Å². The molecule has 0 aliphatic heterocycles. The molecule has 3 nitrogen and oxygen atoms in total. The summed E-state index contributed by atoms with van der Waals surface area (Å²) in [5, 5.41) is 19.5. The first-order valence-corrected chi connectivity index (χ1v) is 2.60. The highest BCUT2D eigenvalue weighted by molar-refractivity contribution is 4.62.